The lowest BCUT2D eigenvalue weighted by molar-refractivity contribution is -0.148. The highest BCUT2D eigenvalue weighted by Gasteiger charge is 2.27. The number of carbonyl (C=O) groups excluding carboxylic acids is 2. The third kappa shape index (κ3) is 4.60. The molecule has 1 aromatic heterocycles. The quantitative estimate of drug-likeness (QED) is 0.532. The average Bonchev–Trinajstić information content (AvgIpc) is 3.23. The van der Waals surface area contributed by atoms with Crippen molar-refractivity contribution in [3.63, 3.8) is 0 Å². The lowest BCUT2D eigenvalue weighted by Gasteiger charge is -2.11. The average molecular weight is 385 g/mol. The standard InChI is InChI=1S/C21H23NO6/c1-13-16(14(2)28-22-13)12-26-19-9-7-15(11-20(19)25-3)8-10-21(24)27-18-6-4-5-17(18)23/h7-11,18H,4-6,12H2,1-3H3. The normalized spacial score (nSPS) is 16.5. The zero-order valence-electron chi connectivity index (χ0n) is 16.2. The highest BCUT2D eigenvalue weighted by atomic mass is 16.5. The summed E-state index contributed by atoms with van der Waals surface area (Å²) < 4.78 is 21.5. The Morgan fingerprint density at radius 2 is 2.14 bits per heavy atom. The predicted molar refractivity (Wildman–Crippen MR) is 101 cm³/mol. The molecule has 0 aliphatic heterocycles. The number of hydrogen-bond donors (Lipinski definition) is 0. The van der Waals surface area contributed by atoms with Gasteiger partial charge in [-0.25, -0.2) is 4.79 Å². The molecule has 0 spiro atoms. The molecule has 1 aliphatic carbocycles. The van der Waals surface area contributed by atoms with Crippen LogP contribution in [0.25, 0.3) is 6.08 Å². The van der Waals surface area contributed by atoms with Crippen molar-refractivity contribution < 1.29 is 28.3 Å². The minimum Gasteiger partial charge on any atom is -0.493 e. The number of carbonyl (C=O) groups is 2. The van der Waals surface area contributed by atoms with Crippen LogP contribution in [0.1, 0.15) is 41.8 Å². The van der Waals surface area contributed by atoms with E-state index in [1.54, 1.807) is 31.4 Å². The molecule has 2 aromatic rings. The Bertz CT molecular complexity index is 879. The molecule has 1 saturated carbocycles. The highest BCUT2D eigenvalue weighted by molar-refractivity contribution is 5.92. The largest absolute Gasteiger partial charge is 0.493 e. The first kappa shape index (κ1) is 19.7. The van der Waals surface area contributed by atoms with Crippen LogP contribution in [0, 0.1) is 13.8 Å². The van der Waals surface area contributed by atoms with Gasteiger partial charge in [0.2, 0.25) is 0 Å². The van der Waals surface area contributed by atoms with Gasteiger partial charge in [-0.15, -0.1) is 0 Å². The molecular weight excluding hydrogens is 362 g/mol. The number of nitrogens with zero attached hydrogens (tertiary/aromatic N) is 1. The molecule has 3 rings (SSSR count). The van der Waals surface area contributed by atoms with E-state index in [1.807, 2.05) is 13.8 Å². The van der Waals surface area contributed by atoms with E-state index in [1.165, 1.54) is 6.08 Å². The molecule has 1 heterocycles. The molecule has 1 fully saturated rings. The van der Waals surface area contributed by atoms with Gasteiger partial charge >= 0.3 is 5.97 Å². The van der Waals surface area contributed by atoms with E-state index < -0.39 is 12.1 Å². The molecule has 1 atom stereocenters. The maximum Gasteiger partial charge on any atom is 0.331 e. The fraction of sp³-hybridized carbons (Fsp3) is 0.381. The zero-order chi connectivity index (χ0) is 20.1. The van der Waals surface area contributed by atoms with Crippen LogP contribution < -0.4 is 9.47 Å². The van der Waals surface area contributed by atoms with Crippen LogP contribution in [0.2, 0.25) is 0 Å². The Labute approximate surface area is 163 Å². The minimum atomic E-state index is -0.605. The first-order chi connectivity index (χ1) is 13.5. The van der Waals surface area contributed by atoms with Gasteiger partial charge in [-0.05, 0) is 50.5 Å². The summed E-state index contributed by atoms with van der Waals surface area (Å²) in [5.74, 6) is 1.28. The second-order valence-corrected chi connectivity index (χ2v) is 6.62. The van der Waals surface area contributed by atoms with Gasteiger partial charge in [-0.2, -0.15) is 0 Å². The monoisotopic (exact) mass is 385 g/mol. The van der Waals surface area contributed by atoms with Gasteiger partial charge in [0.15, 0.2) is 23.4 Å². The molecule has 0 radical (unpaired) electrons. The number of aryl methyl sites for hydroxylation is 2. The highest BCUT2D eigenvalue weighted by Crippen LogP contribution is 2.30. The number of rotatable bonds is 7. The fourth-order valence-corrected chi connectivity index (χ4v) is 3.02. The molecule has 7 heteroatoms. The minimum absolute atomic E-state index is 0.0109. The van der Waals surface area contributed by atoms with E-state index in [9.17, 15) is 9.59 Å². The number of aromatic nitrogens is 1. The number of Topliss-reactive ketones (excluding diaryl/α,β-unsaturated/α-hetero) is 1. The van der Waals surface area contributed by atoms with Crippen LogP contribution in [0.5, 0.6) is 11.5 Å². The van der Waals surface area contributed by atoms with E-state index in [2.05, 4.69) is 5.16 Å². The molecule has 28 heavy (non-hydrogen) atoms. The van der Waals surface area contributed by atoms with Crippen molar-refractivity contribution in [2.75, 3.05) is 7.11 Å². The second-order valence-electron chi connectivity index (χ2n) is 6.62. The van der Waals surface area contributed by atoms with Crippen molar-refractivity contribution in [2.45, 2.75) is 45.8 Å². The molecule has 148 valence electrons. The molecule has 0 N–H and O–H groups in total. The Balaban J connectivity index is 1.63. The maximum absolute atomic E-state index is 11.9. The van der Waals surface area contributed by atoms with Crippen LogP contribution in [0.4, 0.5) is 0 Å². The lowest BCUT2D eigenvalue weighted by Crippen LogP contribution is -2.20. The molecule has 7 nitrogen and oxygen atoms in total. The smallest absolute Gasteiger partial charge is 0.331 e. The Hall–Kier alpha value is -3.09. The SMILES string of the molecule is COc1cc(C=CC(=O)OC2CCCC2=O)ccc1OCc1c(C)noc1C. The van der Waals surface area contributed by atoms with Gasteiger partial charge in [-0.1, -0.05) is 11.2 Å². The van der Waals surface area contributed by atoms with Gasteiger partial charge in [-0.3, -0.25) is 4.79 Å². The molecule has 1 aliphatic rings. The summed E-state index contributed by atoms with van der Waals surface area (Å²) in [5, 5.41) is 3.91. The van der Waals surface area contributed by atoms with Gasteiger partial charge in [0.05, 0.1) is 18.4 Å². The summed E-state index contributed by atoms with van der Waals surface area (Å²) in [5.41, 5.74) is 2.43. The van der Waals surface area contributed by atoms with E-state index in [0.29, 0.717) is 30.9 Å². The molecule has 1 aromatic carbocycles. The third-order valence-corrected chi connectivity index (χ3v) is 4.66. The summed E-state index contributed by atoms with van der Waals surface area (Å²) in [6, 6.07) is 5.32. The predicted octanol–water partition coefficient (Wildman–Crippen LogP) is 3.56. The summed E-state index contributed by atoms with van der Waals surface area (Å²) in [6.45, 7) is 4.01. The fourth-order valence-electron chi connectivity index (χ4n) is 3.02. The van der Waals surface area contributed by atoms with Crippen molar-refractivity contribution in [2.24, 2.45) is 0 Å². The Morgan fingerprint density at radius 3 is 2.79 bits per heavy atom. The number of methoxy groups -OCH3 is 1. The summed E-state index contributed by atoms with van der Waals surface area (Å²) >= 11 is 0. The lowest BCUT2D eigenvalue weighted by atomic mass is 10.2. The molecular formula is C21H23NO6. The number of hydrogen-bond acceptors (Lipinski definition) is 7. The van der Waals surface area contributed by atoms with Gasteiger partial charge < -0.3 is 18.7 Å². The number of esters is 1. The van der Waals surface area contributed by atoms with Gasteiger partial charge in [0.1, 0.15) is 12.4 Å². The molecule has 0 amide bonds. The number of benzene rings is 1. The van der Waals surface area contributed by atoms with E-state index in [0.717, 1.165) is 29.0 Å². The summed E-state index contributed by atoms with van der Waals surface area (Å²) in [7, 11) is 1.55. The first-order valence-electron chi connectivity index (χ1n) is 9.12. The van der Waals surface area contributed by atoms with Crippen molar-refractivity contribution >= 4 is 17.8 Å². The summed E-state index contributed by atoms with van der Waals surface area (Å²) in [4.78, 5) is 23.5. The van der Waals surface area contributed by atoms with Crippen LogP contribution in [-0.4, -0.2) is 30.1 Å². The van der Waals surface area contributed by atoms with Crippen molar-refractivity contribution in [1.82, 2.24) is 5.16 Å². The van der Waals surface area contributed by atoms with Crippen LogP contribution in [0.15, 0.2) is 28.8 Å². The number of ketones is 1. The van der Waals surface area contributed by atoms with E-state index in [4.69, 9.17) is 18.7 Å². The zero-order valence-corrected chi connectivity index (χ0v) is 16.2. The van der Waals surface area contributed by atoms with Crippen molar-refractivity contribution in [1.29, 1.82) is 0 Å². The van der Waals surface area contributed by atoms with E-state index >= 15 is 0 Å². The van der Waals surface area contributed by atoms with Crippen molar-refractivity contribution in [3.05, 3.63) is 46.9 Å². The molecule has 0 bridgehead atoms. The number of ether oxygens (including phenoxy) is 3. The van der Waals surface area contributed by atoms with Gasteiger partial charge in [0.25, 0.3) is 0 Å². The van der Waals surface area contributed by atoms with Gasteiger partial charge in [0, 0.05) is 12.5 Å². The van der Waals surface area contributed by atoms with Crippen molar-refractivity contribution in [3.8, 4) is 11.5 Å². The van der Waals surface area contributed by atoms with Crippen LogP contribution >= 0.6 is 0 Å². The molecule has 0 saturated heterocycles. The second kappa shape index (κ2) is 8.73. The topological polar surface area (TPSA) is 87.9 Å². The maximum atomic E-state index is 11.9. The Kier molecular flexibility index (Phi) is 6.13. The van der Waals surface area contributed by atoms with Crippen LogP contribution in [0.3, 0.4) is 0 Å². The van der Waals surface area contributed by atoms with E-state index in [-0.39, 0.29) is 5.78 Å². The first-order valence-corrected chi connectivity index (χ1v) is 9.12. The molecule has 1 unspecified atom stereocenters. The van der Waals surface area contributed by atoms with Crippen LogP contribution in [-0.2, 0) is 20.9 Å². The third-order valence-electron chi connectivity index (χ3n) is 4.66. The summed E-state index contributed by atoms with van der Waals surface area (Å²) in [6.07, 6.45) is 4.17. The Morgan fingerprint density at radius 1 is 1.32 bits per heavy atom.